The van der Waals surface area contributed by atoms with Gasteiger partial charge in [0, 0.05) is 0 Å². The van der Waals surface area contributed by atoms with Gasteiger partial charge in [0.1, 0.15) is 11.9 Å². The fourth-order valence-corrected chi connectivity index (χ4v) is 2.35. The highest BCUT2D eigenvalue weighted by Gasteiger charge is 2.13. The number of benzene rings is 2. The van der Waals surface area contributed by atoms with Crippen LogP contribution < -0.4 is 0 Å². The van der Waals surface area contributed by atoms with Crippen LogP contribution in [-0.2, 0) is 6.42 Å². The van der Waals surface area contributed by atoms with Gasteiger partial charge in [-0.3, -0.25) is 0 Å². The van der Waals surface area contributed by atoms with Crippen molar-refractivity contribution in [2.24, 2.45) is 5.92 Å². The summed E-state index contributed by atoms with van der Waals surface area (Å²) in [6.45, 7) is 4.30. The third kappa shape index (κ3) is 3.59. The molecule has 0 amide bonds. The number of aliphatic hydroxyl groups excluding tert-OH is 1. The van der Waals surface area contributed by atoms with Gasteiger partial charge in [-0.15, -0.1) is 0 Å². The summed E-state index contributed by atoms with van der Waals surface area (Å²) in [7, 11) is 0. The summed E-state index contributed by atoms with van der Waals surface area (Å²) in [6, 6.07) is 12.2. The molecule has 1 nitrogen and oxygen atoms in total. The monoisotopic (exact) mass is 292 g/mol. The van der Waals surface area contributed by atoms with Crippen molar-refractivity contribution in [1.29, 1.82) is 0 Å². The zero-order valence-electron chi connectivity index (χ0n) is 11.6. The molecule has 20 heavy (non-hydrogen) atoms. The Morgan fingerprint density at radius 1 is 1.10 bits per heavy atom. The van der Waals surface area contributed by atoms with E-state index in [1.165, 1.54) is 17.7 Å². The molecule has 1 unspecified atom stereocenters. The Balaban J connectivity index is 2.28. The summed E-state index contributed by atoms with van der Waals surface area (Å²) in [4.78, 5) is 0. The van der Waals surface area contributed by atoms with Crippen molar-refractivity contribution < 1.29 is 9.50 Å². The largest absolute Gasteiger partial charge is 0.384 e. The van der Waals surface area contributed by atoms with Crippen molar-refractivity contribution >= 4 is 11.6 Å². The van der Waals surface area contributed by atoms with Crippen molar-refractivity contribution in [2.75, 3.05) is 0 Å². The lowest BCUT2D eigenvalue weighted by Gasteiger charge is -2.14. The van der Waals surface area contributed by atoms with Crippen molar-refractivity contribution in [3.05, 3.63) is 70.0 Å². The zero-order valence-corrected chi connectivity index (χ0v) is 12.4. The summed E-state index contributed by atoms with van der Waals surface area (Å²) in [6.07, 6.45) is 0.115. The van der Waals surface area contributed by atoms with Crippen LogP contribution in [-0.4, -0.2) is 5.11 Å². The van der Waals surface area contributed by atoms with E-state index in [2.05, 4.69) is 13.8 Å². The molecular formula is C17H18ClFO. The van der Waals surface area contributed by atoms with Gasteiger partial charge >= 0.3 is 0 Å². The topological polar surface area (TPSA) is 20.2 Å². The molecule has 0 saturated carbocycles. The fourth-order valence-electron chi connectivity index (χ4n) is 2.24. The van der Waals surface area contributed by atoms with E-state index in [9.17, 15) is 9.50 Å². The molecule has 0 heterocycles. The maximum atomic E-state index is 13.5. The normalized spacial score (nSPS) is 12.7. The van der Waals surface area contributed by atoms with E-state index in [0.717, 1.165) is 12.0 Å². The van der Waals surface area contributed by atoms with E-state index in [1.54, 1.807) is 6.07 Å². The summed E-state index contributed by atoms with van der Waals surface area (Å²) in [5.41, 5.74) is 2.45. The molecule has 0 aromatic heterocycles. The lowest BCUT2D eigenvalue weighted by Crippen LogP contribution is -2.02. The van der Waals surface area contributed by atoms with E-state index < -0.39 is 11.9 Å². The average Bonchev–Trinajstić information content (AvgIpc) is 2.40. The van der Waals surface area contributed by atoms with Crippen LogP contribution in [0.3, 0.4) is 0 Å². The first kappa shape index (κ1) is 15.0. The molecule has 106 valence electrons. The fraction of sp³-hybridized carbons (Fsp3) is 0.294. The van der Waals surface area contributed by atoms with Crippen LogP contribution in [0.1, 0.15) is 36.6 Å². The van der Waals surface area contributed by atoms with Gasteiger partial charge in [-0.25, -0.2) is 4.39 Å². The smallest absolute Gasteiger partial charge is 0.142 e. The molecule has 0 aliphatic carbocycles. The van der Waals surface area contributed by atoms with Gasteiger partial charge in [-0.2, -0.15) is 0 Å². The number of aliphatic hydroxyl groups is 1. The maximum absolute atomic E-state index is 13.5. The molecule has 0 bridgehead atoms. The third-order valence-electron chi connectivity index (χ3n) is 3.17. The Labute approximate surface area is 124 Å². The van der Waals surface area contributed by atoms with Crippen molar-refractivity contribution in [3.8, 4) is 0 Å². The van der Waals surface area contributed by atoms with E-state index in [4.69, 9.17) is 11.6 Å². The number of rotatable bonds is 4. The Bertz CT molecular complexity index is 595. The highest BCUT2D eigenvalue weighted by atomic mass is 35.5. The molecule has 2 aromatic carbocycles. The number of hydrogen-bond donors (Lipinski definition) is 1. The second-order valence-corrected chi connectivity index (χ2v) is 5.83. The molecule has 0 aliphatic rings. The van der Waals surface area contributed by atoms with Crippen LogP contribution in [0.5, 0.6) is 0 Å². The zero-order chi connectivity index (χ0) is 14.7. The standard InChI is InChI=1S/C17H18ClFO/c1-11(2)8-12-4-3-5-13(9-12)17(20)14-6-7-15(18)16(19)10-14/h3-7,9-11,17,20H,8H2,1-2H3. The molecule has 1 N–H and O–H groups in total. The van der Waals surface area contributed by atoms with Gasteiger partial charge in [0.25, 0.3) is 0 Å². The molecule has 0 fully saturated rings. The SMILES string of the molecule is CC(C)Cc1cccc(C(O)c2ccc(Cl)c(F)c2)c1. The molecule has 0 radical (unpaired) electrons. The Kier molecular flexibility index (Phi) is 4.79. The van der Waals surface area contributed by atoms with Crippen LogP contribution in [0, 0.1) is 11.7 Å². The number of hydrogen-bond acceptors (Lipinski definition) is 1. The molecular weight excluding hydrogens is 275 g/mol. The van der Waals surface area contributed by atoms with Crippen LogP contribution >= 0.6 is 11.6 Å². The predicted molar refractivity (Wildman–Crippen MR) is 80.5 cm³/mol. The van der Waals surface area contributed by atoms with Gasteiger partial charge in [0.2, 0.25) is 0 Å². The first-order chi connectivity index (χ1) is 9.47. The first-order valence-electron chi connectivity index (χ1n) is 6.69. The van der Waals surface area contributed by atoms with Gasteiger partial charge in [-0.05, 0) is 41.2 Å². The van der Waals surface area contributed by atoms with Gasteiger partial charge in [0.15, 0.2) is 0 Å². The van der Waals surface area contributed by atoms with E-state index in [0.29, 0.717) is 11.5 Å². The van der Waals surface area contributed by atoms with Gasteiger partial charge in [-0.1, -0.05) is 55.8 Å². The van der Waals surface area contributed by atoms with E-state index in [1.807, 2.05) is 24.3 Å². The second kappa shape index (κ2) is 6.38. The van der Waals surface area contributed by atoms with Crippen LogP contribution in [0.25, 0.3) is 0 Å². The lowest BCUT2D eigenvalue weighted by atomic mass is 9.96. The quantitative estimate of drug-likeness (QED) is 0.861. The molecule has 1 atom stereocenters. The summed E-state index contributed by atoms with van der Waals surface area (Å²) < 4.78 is 13.5. The third-order valence-corrected chi connectivity index (χ3v) is 3.48. The van der Waals surface area contributed by atoms with Crippen molar-refractivity contribution in [1.82, 2.24) is 0 Å². The highest BCUT2D eigenvalue weighted by molar-refractivity contribution is 6.30. The maximum Gasteiger partial charge on any atom is 0.142 e. The number of halogens is 2. The Hall–Kier alpha value is -1.38. The molecule has 0 aliphatic heterocycles. The minimum absolute atomic E-state index is 0.0644. The highest BCUT2D eigenvalue weighted by Crippen LogP contribution is 2.26. The average molecular weight is 293 g/mol. The molecule has 2 rings (SSSR count). The first-order valence-corrected chi connectivity index (χ1v) is 7.07. The molecule has 0 spiro atoms. The van der Waals surface area contributed by atoms with E-state index >= 15 is 0 Å². The predicted octanol–water partition coefficient (Wildman–Crippen LogP) is 4.76. The molecule has 3 heteroatoms. The minimum Gasteiger partial charge on any atom is -0.384 e. The lowest BCUT2D eigenvalue weighted by molar-refractivity contribution is 0.219. The van der Waals surface area contributed by atoms with Crippen molar-refractivity contribution in [2.45, 2.75) is 26.4 Å². The minimum atomic E-state index is -0.839. The Morgan fingerprint density at radius 2 is 1.80 bits per heavy atom. The van der Waals surface area contributed by atoms with Gasteiger partial charge < -0.3 is 5.11 Å². The van der Waals surface area contributed by atoms with Crippen molar-refractivity contribution in [3.63, 3.8) is 0 Å². The second-order valence-electron chi connectivity index (χ2n) is 5.42. The summed E-state index contributed by atoms with van der Waals surface area (Å²) in [5.74, 6) is 0.0388. The van der Waals surface area contributed by atoms with Crippen LogP contribution in [0.4, 0.5) is 4.39 Å². The molecule has 2 aromatic rings. The van der Waals surface area contributed by atoms with E-state index in [-0.39, 0.29) is 5.02 Å². The molecule has 0 saturated heterocycles. The summed E-state index contributed by atoms with van der Waals surface area (Å²) >= 11 is 5.66. The Morgan fingerprint density at radius 3 is 2.45 bits per heavy atom. The van der Waals surface area contributed by atoms with Gasteiger partial charge in [0.05, 0.1) is 5.02 Å². The van der Waals surface area contributed by atoms with Crippen LogP contribution in [0.15, 0.2) is 42.5 Å². The summed E-state index contributed by atoms with van der Waals surface area (Å²) in [5, 5.41) is 10.4. The van der Waals surface area contributed by atoms with Crippen LogP contribution in [0.2, 0.25) is 5.02 Å².